The second-order valence-electron chi connectivity index (χ2n) is 7.26. The Hall–Kier alpha value is -2.25. The van der Waals surface area contributed by atoms with Gasteiger partial charge in [0.15, 0.2) is 0 Å². The van der Waals surface area contributed by atoms with Gasteiger partial charge in [-0.15, -0.1) is 0 Å². The van der Waals surface area contributed by atoms with Crippen LogP contribution in [0, 0.1) is 5.92 Å². The van der Waals surface area contributed by atoms with Gasteiger partial charge in [0.25, 0.3) is 0 Å². The molecule has 0 unspecified atom stereocenters. The molecular formula is C21H27N3O3S. The van der Waals surface area contributed by atoms with Crippen molar-refractivity contribution in [3.8, 4) is 0 Å². The summed E-state index contributed by atoms with van der Waals surface area (Å²) in [6.45, 7) is 0.282. The molecule has 0 spiro atoms. The fourth-order valence-corrected chi connectivity index (χ4v) is 4.78. The molecule has 0 bridgehead atoms. The van der Waals surface area contributed by atoms with Crippen molar-refractivity contribution < 1.29 is 13.2 Å². The second-order valence-corrected chi connectivity index (χ2v) is 9.00. The van der Waals surface area contributed by atoms with E-state index in [2.05, 4.69) is 15.0 Å². The number of aromatic nitrogens is 1. The number of pyridine rings is 1. The Labute approximate surface area is 166 Å². The average Bonchev–Trinajstić information content (AvgIpc) is 2.70. The van der Waals surface area contributed by atoms with E-state index in [0.29, 0.717) is 18.8 Å². The monoisotopic (exact) mass is 401 g/mol. The number of anilines is 1. The molecule has 1 aromatic heterocycles. The summed E-state index contributed by atoms with van der Waals surface area (Å²) < 4.78 is 28.1. The van der Waals surface area contributed by atoms with Crippen LogP contribution in [-0.2, 0) is 21.2 Å². The Morgan fingerprint density at radius 1 is 1.07 bits per heavy atom. The Kier molecular flexibility index (Phi) is 7.17. The zero-order valence-corrected chi connectivity index (χ0v) is 16.7. The zero-order chi connectivity index (χ0) is 19.8. The average molecular weight is 402 g/mol. The van der Waals surface area contributed by atoms with Gasteiger partial charge in [-0.05, 0) is 36.8 Å². The molecule has 28 heavy (non-hydrogen) atoms. The molecule has 7 heteroatoms. The first-order chi connectivity index (χ1) is 13.5. The van der Waals surface area contributed by atoms with Crippen LogP contribution in [0.2, 0.25) is 0 Å². The first-order valence-corrected chi connectivity index (χ1v) is 11.3. The van der Waals surface area contributed by atoms with Gasteiger partial charge in [-0.1, -0.05) is 49.6 Å². The fraction of sp³-hybridized carbons (Fsp3) is 0.429. The molecule has 1 heterocycles. The molecule has 0 atom stereocenters. The summed E-state index contributed by atoms with van der Waals surface area (Å²) >= 11 is 0. The SMILES string of the molecule is O=C(CC1CCCCC1)Nc1cnccc1S(=O)(=O)NCCc1ccccc1. The summed E-state index contributed by atoms with van der Waals surface area (Å²) in [4.78, 5) is 16.4. The van der Waals surface area contributed by atoms with Gasteiger partial charge in [0, 0.05) is 19.2 Å². The number of hydrogen-bond donors (Lipinski definition) is 2. The predicted octanol–water partition coefficient (Wildman–Crippen LogP) is 3.51. The van der Waals surface area contributed by atoms with Crippen molar-refractivity contribution in [3.05, 3.63) is 54.4 Å². The second kappa shape index (κ2) is 9.80. The summed E-state index contributed by atoms with van der Waals surface area (Å²) in [6.07, 6.45) is 9.51. The first-order valence-electron chi connectivity index (χ1n) is 9.82. The third-order valence-electron chi connectivity index (χ3n) is 5.09. The summed E-state index contributed by atoms with van der Waals surface area (Å²) in [5.41, 5.74) is 1.29. The molecule has 0 saturated heterocycles. The fourth-order valence-electron chi connectivity index (χ4n) is 3.62. The maximum Gasteiger partial charge on any atom is 0.242 e. The highest BCUT2D eigenvalue weighted by Gasteiger charge is 2.21. The van der Waals surface area contributed by atoms with E-state index in [4.69, 9.17) is 0 Å². The van der Waals surface area contributed by atoms with E-state index in [-0.39, 0.29) is 23.0 Å². The maximum absolute atomic E-state index is 12.7. The summed E-state index contributed by atoms with van der Waals surface area (Å²) in [5.74, 6) is 0.232. The number of nitrogens with zero attached hydrogens (tertiary/aromatic N) is 1. The first kappa shape index (κ1) is 20.5. The predicted molar refractivity (Wildman–Crippen MR) is 109 cm³/mol. The lowest BCUT2D eigenvalue weighted by Gasteiger charge is -2.21. The molecule has 1 amide bonds. The van der Waals surface area contributed by atoms with Crippen LogP contribution in [0.4, 0.5) is 5.69 Å². The van der Waals surface area contributed by atoms with Gasteiger partial charge in [-0.25, -0.2) is 13.1 Å². The number of carbonyl (C=O) groups is 1. The van der Waals surface area contributed by atoms with Crippen molar-refractivity contribution >= 4 is 21.6 Å². The van der Waals surface area contributed by atoms with Gasteiger partial charge in [0.1, 0.15) is 4.90 Å². The third-order valence-corrected chi connectivity index (χ3v) is 6.61. The maximum atomic E-state index is 12.7. The van der Waals surface area contributed by atoms with Crippen LogP contribution < -0.4 is 10.0 Å². The van der Waals surface area contributed by atoms with Crippen molar-refractivity contribution in [2.45, 2.75) is 49.8 Å². The van der Waals surface area contributed by atoms with E-state index >= 15 is 0 Å². The topological polar surface area (TPSA) is 88.2 Å². The summed E-state index contributed by atoms with van der Waals surface area (Å²) in [7, 11) is -3.74. The van der Waals surface area contributed by atoms with E-state index in [0.717, 1.165) is 31.2 Å². The van der Waals surface area contributed by atoms with E-state index in [1.165, 1.54) is 24.9 Å². The van der Waals surface area contributed by atoms with Crippen LogP contribution in [0.15, 0.2) is 53.7 Å². The number of rotatable bonds is 8. The van der Waals surface area contributed by atoms with Gasteiger partial charge in [0.2, 0.25) is 15.9 Å². The lowest BCUT2D eigenvalue weighted by molar-refractivity contribution is -0.117. The quantitative estimate of drug-likeness (QED) is 0.708. The molecule has 3 rings (SSSR count). The highest BCUT2D eigenvalue weighted by molar-refractivity contribution is 7.89. The minimum Gasteiger partial charge on any atom is -0.324 e. The molecule has 1 fully saturated rings. The van der Waals surface area contributed by atoms with Crippen molar-refractivity contribution in [2.24, 2.45) is 5.92 Å². The molecule has 0 radical (unpaired) electrons. The molecule has 2 aromatic rings. The van der Waals surface area contributed by atoms with Crippen LogP contribution in [-0.4, -0.2) is 25.9 Å². The van der Waals surface area contributed by atoms with E-state index in [1.807, 2.05) is 30.3 Å². The van der Waals surface area contributed by atoms with Gasteiger partial charge < -0.3 is 5.32 Å². The number of hydrogen-bond acceptors (Lipinski definition) is 4. The Balaban J connectivity index is 1.62. The summed E-state index contributed by atoms with van der Waals surface area (Å²) in [6, 6.07) is 11.1. The number of carbonyl (C=O) groups excluding carboxylic acids is 1. The molecule has 1 aromatic carbocycles. The third kappa shape index (κ3) is 5.87. The number of sulfonamides is 1. The molecular weight excluding hydrogens is 374 g/mol. The number of nitrogens with one attached hydrogen (secondary N) is 2. The number of benzene rings is 1. The van der Waals surface area contributed by atoms with Gasteiger partial charge >= 0.3 is 0 Å². The highest BCUT2D eigenvalue weighted by atomic mass is 32.2. The van der Waals surface area contributed by atoms with Crippen LogP contribution in [0.1, 0.15) is 44.1 Å². The molecule has 1 aliphatic carbocycles. The van der Waals surface area contributed by atoms with Crippen molar-refractivity contribution in [1.82, 2.24) is 9.71 Å². The molecule has 150 valence electrons. The van der Waals surface area contributed by atoms with E-state index in [9.17, 15) is 13.2 Å². The standard InChI is InChI=1S/C21H27N3O3S/c25-21(15-18-9-5-2-6-10-18)24-19-16-22-13-12-20(19)28(26,27)23-14-11-17-7-3-1-4-8-17/h1,3-4,7-8,12-13,16,18,23H,2,5-6,9-11,14-15H2,(H,24,25). The van der Waals surface area contributed by atoms with Crippen LogP contribution in [0.25, 0.3) is 0 Å². The van der Waals surface area contributed by atoms with Crippen LogP contribution >= 0.6 is 0 Å². The minimum atomic E-state index is -3.74. The van der Waals surface area contributed by atoms with Crippen LogP contribution in [0.3, 0.4) is 0 Å². The largest absolute Gasteiger partial charge is 0.324 e. The molecule has 1 aliphatic rings. The smallest absolute Gasteiger partial charge is 0.242 e. The van der Waals surface area contributed by atoms with Gasteiger partial charge in [0.05, 0.1) is 11.9 Å². The Morgan fingerprint density at radius 2 is 1.82 bits per heavy atom. The molecule has 0 aliphatic heterocycles. The molecule has 2 N–H and O–H groups in total. The zero-order valence-electron chi connectivity index (χ0n) is 15.9. The summed E-state index contributed by atoms with van der Waals surface area (Å²) in [5, 5.41) is 2.75. The van der Waals surface area contributed by atoms with Crippen LogP contribution in [0.5, 0.6) is 0 Å². The lowest BCUT2D eigenvalue weighted by Crippen LogP contribution is -2.27. The minimum absolute atomic E-state index is 0.0487. The van der Waals surface area contributed by atoms with Gasteiger partial charge in [-0.3, -0.25) is 9.78 Å². The van der Waals surface area contributed by atoms with Crippen molar-refractivity contribution in [1.29, 1.82) is 0 Å². The number of amides is 1. The normalized spacial score (nSPS) is 15.3. The van der Waals surface area contributed by atoms with Gasteiger partial charge in [-0.2, -0.15) is 0 Å². The van der Waals surface area contributed by atoms with E-state index in [1.54, 1.807) is 0 Å². The Morgan fingerprint density at radius 3 is 2.57 bits per heavy atom. The Bertz CT molecular complexity index is 879. The lowest BCUT2D eigenvalue weighted by atomic mass is 9.87. The van der Waals surface area contributed by atoms with Crippen molar-refractivity contribution in [3.63, 3.8) is 0 Å². The van der Waals surface area contributed by atoms with E-state index < -0.39 is 10.0 Å². The van der Waals surface area contributed by atoms with Crippen molar-refractivity contribution in [2.75, 3.05) is 11.9 Å². The highest BCUT2D eigenvalue weighted by Crippen LogP contribution is 2.27. The molecule has 1 saturated carbocycles. The molecule has 6 nitrogen and oxygen atoms in total.